The molecule has 0 aliphatic rings. The number of anilines is 2. The first-order valence-corrected chi connectivity index (χ1v) is 13.4. The standard InChI is InChI=1S/C26H19Br2F8N3O4/c1-3-39(22(41)13-7-9-37-10-8-13)17-6-4-5-15(20(17)42-2)21(40)38-19-16(27)11-14(12-18(19)43-23(29)30)24(31,25(28,32)33)26(34,35)36/h4-12,23H,3H2,1-2H3,(H,38,40). The number of para-hydroxylation sites is 1. The fraction of sp³-hybridized carbons (Fsp3) is 0.269. The Morgan fingerprint density at radius 3 is 2.19 bits per heavy atom. The largest absolute Gasteiger partial charge is 0.494 e. The highest BCUT2D eigenvalue weighted by atomic mass is 79.9. The van der Waals surface area contributed by atoms with Crippen LogP contribution < -0.4 is 19.7 Å². The fourth-order valence-corrected chi connectivity index (χ4v) is 4.96. The molecular weight excluding hydrogens is 730 g/mol. The zero-order valence-corrected chi connectivity index (χ0v) is 25.0. The second-order valence-corrected chi connectivity index (χ2v) is 10.3. The molecule has 0 spiro atoms. The number of carbonyl (C=O) groups is 2. The van der Waals surface area contributed by atoms with E-state index in [1.54, 1.807) is 6.92 Å². The first-order chi connectivity index (χ1) is 20.0. The van der Waals surface area contributed by atoms with Crippen LogP contribution in [0.15, 0.2) is 59.3 Å². The Hall–Kier alpha value is -3.47. The quantitative estimate of drug-likeness (QED) is 0.168. The van der Waals surface area contributed by atoms with E-state index in [1.165, 1.54) is 70.7 Å². The van der Waals surface area contributed by atoms with Crippen molar-refractivity contribution in [1.82, 2.24) is 4.98 Å². The number of benzene rings is 2. The number of carbonyl (C=O) groups excluding carboxylic acids is 2. The van der Waals surface area contributed by atoms with E-state index in [9.17, 15) is 40.3 Å². The summed E-state index contributed by atoms with van der Waals surface area (Å²) in [6.07, 6.45) is -3.44. The number of hydrogen-bond donors (Lipinski definition) is 1. The average molecular weight is 749 g/mol. The van der Waals surface area contributed by atoms with Gasteiger partial charge in [0, 0.05) is 34.5 Å². The maximum absolute atomic E-state index is 15.0. The lowest BCUT2D eigenvalue weighted by Crippen LogP contribution is -2.49. The Kier molecular flexibility index (Phi) is 10.3. The molecule has 232 valence electrons. The minimum Gasteiger partial charge on any atom is -0.494 e. The van der Waals surface area contributed by atoms with E-state index >= 15 is 4.39 Å². The molecule has 2 aromatic carbocycles. The molecule has 0 saturated carbocycles. The zero-order valence-electron chi connectivity index (χ0n) is 21.8. The van der Waals surface area contributed by atoms with Crippen LogP contribution in [-0.2, 0) is 5.67 Å². The number of aromatic nitrogens is 1. The zero-order chi connectivity index (χ0) is 32.3. The van der Waals surface area contributed by atoms with Gasteiger partial charge in [0.25, 0.3) is 11.8 Å². The molecule has 0 aliphatic heterocycles. The summed E-state index contributed by atoms with van der Waals surface area (Å²) in [4.78, 5) is 26.4. The van der Waals surface area contributed by atoms with Gasteiger partial charge in [-0.25, -0.2) is 4.39 Å². The molecule has 0 fully saturated rings. The number of rotatable bonds is 10. The van der Waals surface area contributed by atoms with Crippen molar-refractivity contribution in [3.63, 3.8) is 0 Å². The second kappa shape index (κ2) is 13.0. The number of hydrogen-bond acceptors (Lipinski definition) is 5. The maximum atomic E-state index is 15.0. The first kappa shape index (κ1) is 34.0. The molecule has 1 aromatic heterocycles. The number of halogens is 10. The van der Waals surface area contributed by atoms with Crippen molar-refractivity contribution in [1.29, 1.82) is 0 Å². The smallest absolute Gasteiger partial charge is 0.433 e. The third kappa shape index (κ3) is 6.87. The third-order valence-corrected chi connectivity index (χ3v) is 7.08. The highest BCUT2D eigenvalue weighted by Gasteiger charge is 2.71. The van der Waals surface area contributed by atoms with Crippen molar-refractivity contribution in [2.24, 2.45) is 0 Å². The van der Waals surface area contributed by atoms with Crippen LogP contribution in [0.4, 0.5) is 46.5 Å². The molecule has 0 radical (unpaired) electrons. The molecule has 0 bridgehead atoms. The van der Waals surface area contributed by atoms with Gasteiger partial charge in [-0.1, -0.05) is 6.07 Å². The van der Waals surface area contributed by atoms with E-state index in [-0.39, 0.29) is 41.2 Å². The second-order valence-electron chi connectivity index (χ2n) is 8.46. The summed E-state index contributed by atoms with van der Waals surface area (Å²) in [6, 6.07) is 7.15. The minimum atomic E-state index is -6.22. The molecule has 1 atom stereocenters. The van der Waals surface area contributed by atoms with Crippen LogP contribution in [0.3, 0.4) is 0 Å². The van der Waals surface area contributed by atoms with Gasteiger partial charge in [0.1, 0.15) is 0 Å². The van der Waals surface area contributed by atoms with Gasteiger partial charge < -0.3 is 19.7 Å². The van der Waals surface area contributed by atoms with Gasteiger partial charge >= 0.3 is 23.3 Å². The molecule has 0 aliphatic carbocycles. The van der Waals surface area contributed by atoms with E-state index < -0.39 is 56.6 Å². The van der Waals surface area contributed by atoms with Crippen molar-refractivity contribution in [3.8, 4) is 11.5 Å². The number of nitrogens with zero attached hydrogens (tertiary/aromatic N) is 2. The lowest BCUT2D eigenvalue weighted by Gasteiger charge is -2.32. The van der Waals surface area contributed by atoms with Crippen molar-refractivity contribution in [3.05, 3.63) is 76.0 Å². The third-order valence-electron chi connectivity index (χ3n) is 5.91. The number of nitrogens with one attached hydrogen (secondary N) is 1. The summed E-state index contributed by atoms with van der Waals surface area (Å²) in [6.45, 7) is -1.98. The molecule has 1 heterocycles. The van der Waals surface area contributed by atoms with Crippen molar-refractivity contribution in [2.75, 3.05) is 23.9 Å². The molecule has 1 unspecified atom stereocenters. The van der Waals surface area contributed by atoms with Crippen molar-refractivity contribution in [2.45, 2.75) is 30.2 Å². The van der Waals surface area contributed by atoms with Crippen molar-refractivity contribution < 1.29 is 54.2 Å². The van der Waals surface area contributed by atoms with E-state index in [2.05, 4.69) is 31.0 Å². The number of amides is 2. The molecule has 3 rings (SSSR count). The average Bonchev–Trinajstić information content (AvgIpc) is 2.93. The monoisotopic (exact) mass is 747 g/mol. The Bertz CT molecular complexity index is 1470. The van der Waals surface area contributed by atoms with Gasteiger partial charge in [0.05, 0.1) is 24.0 Å². The molecule has 2 amide bonds. The summed E-state index contributed by atoms with van der Waals surface area (Å²) < 4.78 is 119. The van der Waals surface area contributed by atoms with Crippen LogP contribution in [0, 0.1) is 0 Å². The lowest BCUT2D eigenvalue weighted by molar-refractivity contribution is -0.282. The van der Waals surface area contributed by atoms with Crippen molar-refractivity contribution >= 4 is 55.0 Å². The Morgan fingerprint density at radius 1 is 1.05 bits per heavy atom. The Balaban J connectivity index is 2.11. The molecule has 3 aromatic rings. The van der Waals surface area contributed by atoms with Crippen LogP contribution in [-0.4, -0.2) is 48.1 Å². The Morgan fingerprint density at radius 2 is 1.67 bits per heavy atom. The number of alkyl halides is 9. The predicted molar refractivity (Wildman–Crippen MR) is 146 cm³/mol. The van der Waals surface area contributed by atoms with Crippen LogP contribution in [0.25, 0.3) is 0 Å². The SMILES string of the molecule is CCN(C(=O)c1ccncc1)c1cccc(C(=O)Nc2c(Br)cc(C(F)(C(F)(F)F)C(F)(F)Br)cc2OC(F)F)c1OC. The molecule has 17 heteroatoms. The lowest BCUT2D eigenvalue weighted by atomic mass is 9.94. The predicted octanol–water partition coefficient (Wildman–Crippen LogP) is 8.09. The number of methoxy groups -OCH3 is 1. The Labute approximate surface area is 255 Å². The van der Waals surface area contributed by atoms with Gasteiger partial charge in [-0.05, 0) is 75.2 Å². The van der Waals surface area contributed by atoms with Gasteiger partial charge in [-0.3, -0.25) is 14.6 Å². The molecule has 0 saturated heterocycles. The highest BCUT2D eigenvalue weighted by molar-refractivity contribution is 9.10. The van der Waals surface area contributed by atoms with E-state index in [1.807, 2.05) is 0 Å². The molecule has 43 heavy (non-hydrogen) atoms. The van der Waals surface area contributed by atoms with E-state index in [4.69, 9.17) is 4.74 Å². The van der Waals surface area contributed by atoms with Gasteiger partial charge in [-0.15, -0.1) is 0 Å². The summed E-state index contributed by atoms with van der Waals surface area (Å²) in [5, 5.41) is 2.14. The van der Waals surface area contributed by atoms with Crippen LogP contribution in [0.2, 0.25) is 0 Å². The summed E-state index contributed by atoms with van der Waals surface area (Å²) in [5.41, 5.74) is -7.86. The summed E-state index contributed by atoms with van der Waals surface area (Å²) in [5.74, 6) is -3.03. The summed E-state index contributed by atoms with van der Waals surface area (Å²) in [7, 11) is 1.18. The van der Waals surface area contributed by atoms with E-state index in [0.29, 0.717) is 0 Å². The van der Waals surface area contributed by atoms with Gasteiger partial charge in [0.15, 0.2) is 11.5 Å². The normalized spacial score (nSPS) is 13.3. The van der Waals surface area contributed by atoms with Gasteiger partial charge in [0.2, 0.25) is 0 Å². The highest BCUT2D eigenvalue weighted by Crippen LogP contribution is 2.56. The number of pyridine rings is 1. The van der Waals surface area contributed by atoms with E-state index in [0.717, 1.165) is 0 Å². The van der Waals surface area contributed by atoms with Crippen LogP contribution in [0.5, 0.6) is 11.5 Å². The molecule has 7 nitrogen and oxygen atoms in total. The fourth-order valence-electron chi connectivity index (χ4n) is 3.96. The molecular formula is C26H19Br2F8N3O4. The minimum absolute atomic E-state index is 0.0327. The van der Waals surface area contributed by atoms with Gasteiger partial charge in [-0.2, -0.15) is 30.7 Å². The first-order valence-electron chi connectivity index (χ1n) is 11.8. The van der Waals surface area contributed by atoms with Crippen LogP contribution >= 0.6 is 31.9 Å². The molecule has 1 N–H and O–H groups in total. The maximum Gasteiger partial charge on any atom is 0.433 e. The number of ether oxygens (including phenoxy) is 2. The summed E-state index contributed by atoms with van der Waals surface area (Å²) >= 11 is 4.10. The van der Waals surface area contributed by atoms with Crippen LogP contribution in [0.1, 0.15) is 33.2 Å². The topological polar surface area (TPSA) is 80.8 Å².